The quantitative estimate of drug-likeness (QED) is 0.573. The van der Waals surface area contributed by atoms with Crippen molar-refractivity contribution in [1.82, 2.24) is 0 Å². The molecule has 0 amide bonds. The molecule has 0 saturated carbocycles. The second kappa shape index (κ2) is 4.83. The maximum absolute atomic E-state index is 14.3. The summed E-state index contributed by atoms with van der Waals surface area (Å²) in [6, 6.07) is 0.510. The highest BCUT2D eigenvalue weighted by Gasteiger charge is 2.34. The first kappa shape index (κ1) is 13.8. The third-order valence-corrected chi connectivity index (χ3v) is 3.10. The fourth-order valence-electron chi connectivity index (χ4n) is 2.04. The number of hydrogen-bond donors (Lipinski definition) is 0. The van der Waals surface area contributed by atoms with Gasteiger partial charge in [0.05, 0.1) is 0 Å². The second-order valence-corrected chi connectivity index (χ2v) is 4.62. The largest absolute Gasteiger partial charge is 0.248 e. The lowest BCUT2D eigenvalue weighted by atomic mass is 9.54. The Morgan fingerprint density at radius 3 is 2.47 bits per heavy atom. The van der Waals surface area contributed by atoms with E-state index < -0.39 is 48.0 Å². The Kier molecular flexibility index (Phi) is 3.52. The molecule has 0 fully saturated rings. The lowest BCUT2D eigenvalue weighted by molar-refractivity contribution is 0.316. The Morgan fingerprint density at radius 1 is 1.16 bits per heavy atom. The topological polar surface area (TPSA) is 0 Å². The van der Waals surface area contributed by atoms with Crippen LogP contribution in [0.4, 0.5) is 22.0 Å². The molecule has 2 rings (SSSR count). The summed E-state index contributed by atoms with van der Waals surface area (Å²) in [4.78, 5) is 0. The molecule has 0 radical (unpaired) electrons. The van der Waals surface area contributed by atoms with Crippen LogP contribution in [-0.2, 0) is 0 Å². The van der Waals surface area contributed by atoms with Gasteiger partial charge in [0, 0.05) is 18.1 Å². The van der Waals surface area contributed by atoms with Crippen LogP contribution in [-0.4, -0.2) is 12.8 Å². The van der Waals surface area contributed by atoms with Crippen LogP contribution < -0.4 is 5.46 Å². The van der Waals surface area contributed by atoms with E-state index >= 15 is 0 Å². The molecule has 0 bridgehead atoms. The molecule has 100 valence electrons. The number of hydrogen-bond acceptors (Lipinski definition) is 0. The number of benzene rings is 1. The van der Waals surface area contributed by atoms with Gasteiger partial charge in [-0.1, -0.05) is 12.2 Å². The molecule has 1 aromatic carbocycles. The summed E-state index contributed by atoms with van der Waals surface area (Å²) in [5, 5.41) is 0. The van der Waals surface area contributed by atoms with Crippen molar-refractivity contribution in [2.24, 2.45) is 0 Å². The molecule has 0 saturated heterocycles. The van der Waals surface area contributed by atoms with Crippen molar-refractivity contribution >= 4 is 12.7 Å². The van der Waals surface area contributed by atoms with Gasteiger partial charge in [0.2, 0.25) is 7.28 Å². The van der Waals surface area contributed by atoms with E-state index in [2.05, 4.69) is 0 Å². The van der Waals surface area contributed by atoms with E-state index in [1.165, 1.54) is 0 Å². The molecule has 1 aliphatic carbocycles. The first-order valence-corrected chi connectivity index (χ1v) is 5.68. The van der Waals surface area contributed by atoms with Crippen LogP contribution in [0.25, 0.3) is 0 Å². The third kappa shape index (κ3) is 2.72. The van der Waals surface area contributed by atoms with E-state index in [4.69, 9.17) is 0 Å². The Hall–Kier alpha value is -1.59. The smallest absolute Gasteiger partial charge is 0.216 e. The van der Waals surface area contributed by atoms with Gasteiger partial charge in [-0.3, -0.25) is 0 Å². The molecule has 0 aromatic heterocycles. The van der Waals surface area contributed by atoms with Gasteiger partial charge in [-0.2, -0.15) is 0 Å². The number of rotatable bonds is 2. The van der Waals surface area contributed by atoms with Gasteiger partial charge in [0.1, 0.15) is 28.8 Å². The molecule has 0 nitrogen and oxygen atoms in total. The zero-order valence-corrected chi connectivity index (χ0v) is 10.1. The van der Waals surface area contributed by atoms with Crippen LogP contribution in [0.15, 0.2) is 30.1 Å². The first-order valence-electron chi connectivity index (χ1n) is 5.68. The van der Waals surface area contributed by atoms with Crippen molar-refractivity contribution in [2.75, 3.05) is 0 Å². The van der Waals surface area contributed by atoms with E-state index in [0.29, 0.717) is 6.07 Å². The minimum Gasteiger partial charge on any atom is -0.248 e. The van der Waals surface area contributed by atoms with Crippen LogP contribution in [0.1, 0.15) is 12.0 Å². The molecule has 1 aromatic rings. The highest BCUT2D eigenvalue weighted by molar-refractivity contribution is 6.57. The van der Waals surface area contributed by atoms with Crippen LogP contribution in [0, 0.1) is 24.4 Å². The summed E-state index contributed by atoms with van der Waals surface area (Å²) in [7, 11) is -0.677. The number of alkyl halides is 1. The van der Waals surface area contributed by atoms with E-state index in [1.807, 2.05) is 0 Å². The summed E-state index contributed by atoms with van der Waals surface area (Å²) in [5.74, 6) is -4.03. The molecule has 6 heteroatoms. The van der Waals surface area contributed by atoms with Gasteiger partial charge < -0.3 is 0 Å². The molecule has 0 spiro atoms. The highest BCUT2D eigenvalue weighted by Crippen LogP contribution is 2.27. The standard InChI is InChI=1S/C13H10BF5/c1-7-9(16)5-10(17)11(12(7)18)14-13(19)4-2-3-8(15)6-13/h2-5,14H,6H2,1H3. The highest BCUT2D eigenvalue weighted by atomic mass is 19.2. The van der Waals surface area contributed by atoms with Crippen molar-refractivity contribution in [3.05, 3.63) is 53.1 Å². The monoisotopic (exact) mass is 272 g/mol. The van der Waals surface area contributed by atoms with Crippen molar-refractivity contribution in [3.8, 4) is 0 Å². The summed E-state index contributed by atoms with van der Waals surface area (Å²) < 4.78 is 67.8. The van der Waals surface area contributed by atoms with Crippen molar-refractivity contribution in [1.29, 1.82) is 0 Å². The SMILES string of the molecule is Cc1c(F)cc(F)c(BC2(F)C=CC=C(F)C2)c1F. The fourth-order valence-corrected chi connectivity index (χ4v) is 2.04. The van der Waals surface area contributed by atoms with Gasteiger partial charge in [0.15, 0.2) is 0 Å². The Balaban J connectivity index is 2.37. The van der Waals surface area contributed by atoms with Crippen molar-refractivity contribution in [2.45, 2.75) is 18.9 Å². The van der Waals surface area contributed by atoms with Crippen molar-refractivity contribution < 1.29 is 22.0 Å². The molecule has 0 N–H and O–H groups in total. The molecule has 19 heavy (non-hydrogen) atoms. The van der Waals surface area contributed by atoms with E-state index in [-0.39, 0.29) is 5.56 Å². The fraction of sp³-hybridized carbons (Fsp3) is 0.231. The molecular formula is C13H10BF5. The maximum Gasteiger partial charge on any atom is 0.216 e. The van der Waals surface area contributed by atoms with Crippen molar-refractivity contribution in [3.63, 3.8) is 0 Å². The van der Waals surface area contributed by atoms with Gasteiger partial charge >= 0.3 is 0 Å². The average molecular weight is 272 g/mol. The molecule has 0 heterocycles. The molecular weight excluding hydrogens is 262 g/mol. The molecule has 0 aliphatic heterocycles. The zero-order valence-electron chi connectivity index (χ0n) is 10.1. The summed E-state index contributed by atoms with van der Waals surface area (Å²) in [5.41, 5.74) is -3.15. The average Bonchev–Trinajstić information content (AvgIpc) is 2.32. The Bertz CT molecular complexity index is 579. The third-order valence-electron chi connectivity index (χ3n) is 3.10. The van der Waals surface area contributed by atoms with Crippen LogP contribution in [0.3, 0.4) is 0 Å². The van der Waals surface area contributed by atoms with E-state index in [0.717, 1.165) is 25.2 Å². The molecule has 1 unspecified atom stereocenters. The zero-order chi connectivity index (χ0) is 14.2. The predicted molar refractivity (Wildman–Crippen MR) is 64.6 cm³/mol. The number of allylic oxidation sites excluding steroid dienone is 4. The van der Waals surface area contributed by atoms with Gasteiger partial charge in [-0.05, 0) is 18.5 Å². The molecule has 1 aliphatic rings. The normalized spacial score (nSPS) is 22.3. The maximum atomic E-state index is 14.3. The lowest BCUT2D eigenvalue weighted by Gasteiger charge is -2.23. The summed E-state index contributed by atoms with van der Waals surface area (Å²) in [6.07, 6.45) is 2.71. The predicted octanol–water partition coefficient (Wildman–Crippen LogP) is 2.95. The van der Waals surface area contributed by atoms with Crippen LogP contribution >= 0.6 is 0 Å². The first-order chi connectivity index (χ1) is 8.82. The second-order valence-electron chi connectivity index (χ2n) is 4.62. The van der Waals surface area contributed by atoms with E-state index in [9.17, 15) is 22.0 Å². The van der Waals surface area contributed by atoms with Gasteiger partial charge in [-0.25, -0.2) is 22.0 Å². The summed E-state index contributed by atoms with van der Waals surface area (Å²) in [6.45, 7) is 1.13. The van der Waals surface area contributed by atoms with Gasteiger partial charge in [-0.15, -0.1) is 0 Å². The molecule has 1 atom stereocenters. The number of halogens is 5. The van der Waals surface area contributed by atoms with Gasteiger partial charge in [0.25, 0.3) is 0 Å². The minimum absolute atomic E-state index is 0.379. The van der Waals surface area contributed by atoms with Crippen LogP contribution in [0.5, 0.6) is 0 Å². The lowest BCUT2D eigenvalue weighted by Crippen LogP contribution is -2.41. The van der Waals surface area contributed by atoms with Crippen LogP contribution in [0.2, 0.25) is 0 Å². The Morgan fingerprint density at radius 2 is 1.84 bits per heavy atom. The minimum atomic E-state index is -2.20. The van der Waals surface area contributed by atoms with E-state index in [1.54, 1.807) is 0 Å². The Labute approximate surface area is 107 Å². The summed E-state index contributed by atoms with van der Waals surface area (Å²) >= 11 is 0.